The molecule has 78 valence electrons. The number of alkyl halides is 1. The lowest BCUT2D eigenvalue weighted by Gasteiger charge is -2.23. The molecule has 0 aromatic rings. The first-order chi connectivity index (χ1) is 5.99. The third kappa shape index (κ3) is 8.72. The van der Waals surface area contributed by atoms with Crippen LogP contribution in [0.5, 0.6) is 0 Å². The van der Waals surface area contributed by atoms with Crippen molar-refractivity contribution in [3.8, 4) is 0 Å². The van der Waals surface area contributed by atoms with Crippen molar-refractivity contribution in [3.05, 3.63) is 12.7 Å². The van der Waals surface area contributed by atoms with Gasteiger partial charge < -0.3 is 4.74 Å². The maximum atomic E-state index is 5.72. The Bertz CT molecular complexity index is 142. The summed E-state index contributed by atoms with van der Waals surface area (Å²) in [6.07, 6.45) is 3.25. The van der Waals surface area contributed by atoms with Gasteiger partial charge >= 0.3 is 0 Å². The molecule has 0 aromatic heterocycles. The Labute approximate surface area is 91.7 Å². The van der Waals surface area contributed by atoms with E-state index in [0.717, 1.165) is 18.4 Å². The van der Waals surface area contributed by atoms with E-state index in [-0.39, 0.29) is 0 Å². The van der Waals surface area contributed by atoms with Gasteiger partial charge in [-0.1, -0.05) is 41.6 Å². The van der Waals surface area contributed by atoms with Gasteiger partial charge in [0.25, 0.3) is 0 Å². The van der Waals surface area contributed by atoms with Crippen LogP contribution in [0.4, 0.5) is 0 Å². The van der Waals surface area contributed by atoms with Gasteiger partial charge in [0.2, 0.25) is 0 Å². The molecule has 0 amide bonds. The van der Waals surface area contributed by atoms with E-state index in [2.05, 4.69) is 42.1 Å². The lowest BCUT2D eigenvalue weighted by Crippen LogP contribution is -2.29. The highest BCUT2D eigenvalue weighted by atomic mass is 79.9. The lowest BCUT2D eigenvalue weighted by atomic mass is 10.4. The van der Waals surface area contributed by atoms with Crippen molar-refractivity contribution < 1.29 is 4.74 Å². The SMILES string of the molecule is C=CCCOC(CBr)C[Si](C)(C)C. The molecule has 1 unspecified atom stereocenters. The van der Waals surface area contributed by atoms with E-state index in [9.17, 15) is 0 Å². The van der Waals surface area contributed by atoms with Crippen molar-refractivity contribution in [2.75, 3.05) is 11.9 Å². The molecule has 0 spiro atoms. The van der Waals surface area contributed by atoms with Gasteiger partial charge in [0, 0.05) is 13.4 Å². The first-order valence-corrected chi connectivity index (χ1v) is 9.61. The zero-order chi connectivity index (χ0) is 10.3. The van der Waals surface area contributed by atoms with Gasteiger partial charge in [-0.05, 0) is 12.5 Å². The number of ether oxygens (including phenoxy) is 1. The van der Waals surface area contributed by atoms with Gasteiger partial charge in [0.1, 0.15) is 0 Å². The summed E-state index contributed by atoms with van der Waals surface area (Å²) in [6, 6.07) is 1.23. The number of hydrogen-bond acceptors (Lipinski definition) is 1. The molecule has 0 aliphatic carbocycles. The van der Waals surface area contributed by atoms with E-state index >= 15 is 0 Å². The summed E-state index contributed by atoms with van der Waals surface area (Å²) in [7, 11) is -0.982. The quantitative estimate of drug-likeness (QED) is 0.295. The average Bonchev–Trinajstić information content (AvgIpc) is 2.01. The summed E-state index contributed by atoms with van der Waals surface area (Å²) in [6.45, 7) is 11.6. The minimum atomic E-state index is -0.982. The lowest BCUT2D eigenvalue weighted by molar-refractivity contribution is 0.0856. The first kappa shape index (κ1) is 13.4. The molecule has 0 radical (unpaired) electrons. The topological polar surface area (TPSA) is 9.23 Å². The molecule has 0 saturated heterocycles. The van der Waals surface area contributed by atoms with Crippen molar-refractivity contribution in [2.24, 2.45) is 0 Å². The minimum Gasteiger partial charge on any atom is -0.377 e. The predicted octanol–water partition coefficient (Wildman–Crippen LogP) is 3.68. The van der Waals surface area contributed by atoms with Crippen LogP contribution in [-0.4, -0.2) is 26.1 Å². The summed E-state index contributed by atoms with van der Waals surface area (Å²) in [4.78, 5) is 0. The average molecular weight is 265 g/mol. The normalized spacial score (nSPS) is 14.2. The van der Waals surface area contributed by atoms with Crippen molar-refractivity contribution in [1.82, 2.24) is 0 Å². The molecule has 0 fully saturated rings. The maximum absolute atomic E-state index is 5.72. The Morgan fingerprint density at radius 1 is 1.46 bits per heavy atom. The molecule has 1 nitrogen and oxygen atoms in total. The fraction of sp³-hybridized carbons (Fsp3) is 0.800. The van der Waals surface area contributed by atoms with Crippen LogP contribution >= 0.6 is 15.9 Å². The van der Waals surface area contributed by atoms with Crippen LogP contribution in [0.2, 0.25) is 25.7 Å². The molecular weight excluding hydrogens is 244 g/mol. The Hall–Kier alpha value is 0.397. The summed E-state index contributed by atoms with van der Waals surface area (Å²) >= 11 is 3.49. The molecule has 0 aliphatic heterocycles. The summed E-state index contributed by atoms with van der Waals surface area (Å²) < 4.78 is 5.72. The van der Waals surface area contributed by atoms with Crippen molar-refractivity contribution in [2.45, 2.75) is 38.2 Å². The van der Waals surface area contributed by atoms with Crippen LogP contribution in [0.15, 0.2) is 12.7 Å². The van der Waals surface area contributed by atoms with E-state index < -0.39 is 8.07 Å². The predicted molar refractivity (Wildman–Crippen MR) is 66.5 cm³/mol. The monoisotopic (exact) mass is 264 g/mol. The van der Waals surface area contributed by atoms with Crippen molar-refractivity contribution in [3.63, 3.8) is 0 Å². The Balaban J connectivity index is 3.69. The summed E-state index contributed by atoms with van der Waals surface area (Å²) in [5.74, 6) is 0. The Kier molecular flexibility index (Phi) is 7.00. The van der Waals surface area contributed by atoms with Gasteiger partial charge in [-0.25, -0.2) is 0 Å². The highest BCUT2D eigenvalue weighted by molar-refractivity contribution is 9.09. The molecule has 0 N–H and O–H groups in total. The van der Waals surface area contributed by atoms with Crippen LogP contribution in [0.25, 0.3) is 0 Å². The van der Waals surface area contributed by atoms with E-state index in [1.54, 1.807) is 0 Å². The third-order valence-electron chi connectivity index (χ3n) is 1.69. The molecule has 0 bridgehead atoms. The largest absolute Gasteiger partial charge is 0.377 e. The van der Waals surface area contributed by atoms with Gasteiger partial charge in [-0.15, -0.1) is 6.58 Å². The smallest absolute Gasteiger partial charge is 0.0648 e. The van der Waals surface area contributed by atoms with Gasteiger partial charge in [0.15, 0.2) is 0 Å². The molecule has 13 heavy (non-hydrogen) atoms. The molecule has 0 heterocycles. The molecule has 0 rings (SSSR count). The minimum absolute atomic E-state index is 0.395. The number of rotatable bonds is 7. The number of hydrogen-bond donors (Lipinski definition) is 0. The van der Waals surface area contributed by atoms with Crippen LogP contribution in [-0.2, 0) is 4.74 Å². The molecule has 1 atom stereocenters. The highest BCUT2D eigenvalue weighted by Crippen LogP contribution is 2.15. The molecule has 0 aromatic carbocycles. The van der Waals surface area contributed by atoms with E-state index in [1.807, 2.05) is 6.08 Å². The van der Waals surface area contributed by atoms with E-state index in [1.165, 1.54) is 6.04 Å². The molecule has 0 saturated carbocycles. The Morgan fingerprint density at radius 3 is 2.46 bits per heavy atom. The fourth-order valence-corrected chi connectivity index (χ4v) is 3.63. The second-order valence-electron chi connectivity index (χ2n) is 4.49. The molecule has 0 aliphatic rings. The van der Waals surface area contributed by atoms with Crippen LogP contribution in [0.3, 0.4) is 0 Å². The van der Waals surface area contributed by atoms with Crippen LogP contribution < -0.4 is 0 Å². The summed E-state index contributed by atoms with van der Waals surface area (Å²) in [5, 5.41) is 0.953. The van der Waals surface area contributed by atoms with Crippen LogP contribution in [0.1, 0.15) is 6.42 Å². The Morgan fingerprint density at radius 2 is 2.08 bits per heavy atom. The standard InChI is InChI=1S/C10H21BrOSi/c1-5-6-7-12-10(8-11)9-13(2,3)4/h5,10H,1,6-9H2,2-4H3. The fourth-order valence-electron chi connectivity index (χ4n) is 1.16. The zero-order valence-corrected chi connectivity index (χ0v) is 11.6. The van der Waals surface area contributed by atoms with Crippen LogP contribution in [0, 0.1) is 0 Å². The highest BCUT2D eigenvalue weighted by Gasteiger charge is 2.19. The third-order valence-corrected chi connectivity index (χ3v) is 4.09. The van der Waals surface area contributed by atoms with Gasteiger partial charge in [0.05, 0.1) is 12.7 Å². The maximum Gasteiger partial charge on any atom is 0.0648 e. The second kappa shape index (κ2) is 6.79. The molecular formula is C10H21BrOSi. The first-order valence-electron chi connectivity index (χ1n) is 4.78. The molecule has 3 heteroatoms. The van der Waals surface area contributed by atoms with Crippen molar-refractivity contribution in [1.29, 1.82) is 0 Å². The number of halogens is 1. The second-order valence-corrected chi connectivity index (χ2v) is 10.7. The van der Waals surface area contributed by atoms with Gasteiger partial charge in [-0.2, -0.15) is 0 Å². The van der Waals surface area contributed by atoms with E-state index in [0.29, 0.717) is 6.10 Å². The van der Waals surface area contributed by atoms with E-state index in [4.69, 9.17) is 4.74 Å². The van der Waals surface area contributed by atoms with Gasteiger partial charge in [-0.3, -0.25) is 0 Å². The zero-order valence-electron chi connectivity index (χ0n) is 8.98. The van der Waals surface area contributed by atoms with Crippen molar-refractivity contribution >= 4 is 24.0 Å². The summed E-state index contributed by atoms with van der Waals surface area (Å²) in [5.41, 5.74) is 0.